The van der Waals surface area contributed by atoms with Crippen molar-refractivity contribution in [1.29, 1.82) is 0 Å². The van der Waals surface area contributed by atoms with Crippen molar-refractivity contribution in [2.45, 2.75) is 63.4 Å². The van der Waals surface area contributed by atoms with Gasteiger partial charge in [0, 0.05) is 6.61 Å². The largest absolute Gasteiger partial charge is 0.396 e. The fourth-order valence-electron chi connectivity index (χ4n) is 5.24. The van der Waals surface area contributed by atoms with Crippen LogP contribution in [0.15, 0.2) is 121 Å². The highest BCUT2D eigenvalue weighted by atomic mass is 16.6. The van der Waals surface area contributed by atoms with Gasteiger partial charge in [-0.05, 0) is 28.7 Å². The van der Waals surface area contributed by atoms with Gasteiger partial charge in [-0.2, -0.15) is 0 Å². The number of aliphatic hydroxyl groups is 1. The molecule has 0 bridgehead atoms. The van der Waals surface area contributed by atoms with Crippen LogP contribution in [0.5, 0.6) is 0 Å². The van der Waals surface area contributed by atoms with Crippen LogP contribution in [0.2, 0.25) is 0 Å². The van der Waals surface area contributed by atoms with Gasteiger partial charge in [-0.15, -0.1) is 0 Å². The second kappa shape index (κ2) is 16.3. The lowest BCUT2D eigenvalue weighted by molar-refractivity contribution is -0.274. The predicted molar refractivity (Wildman–Crippen MR) is 162 cm³/mol. The minimum atomic E-state index is -0.472. The van der Waals surface area contributed by atoms with E-state index in [1.54, 1.807) is 0 Å². The van der Waals surface area contributed by atoms with Crippen molar-refractivity contribution in [1.82, 2.24) is 0 Å². The summed E-state index contributed by atoms with van der Waals surface area (Å²) in [5, 5.41) is 10.0. The fourth-order valence-corrected chi connectivity index (χ4v) is 5.24. The third-order valence-electron chi connectivity index (χ3n) is 7.39. The zero-order valence-corrected chi connectivity index (χ0v) is 23.9. The minimum absolute atomic E-state index is 0.0333. The molecule has 1 aliphatic rings. The zero-order valence-electron chi connectivity index (χ0n) is 23.9. The first-order chi connectivity index (χ1) is 20.8. The molecule has 220 valence electrons. The van der Waals surface area contributed by atoms with Crippen molar-refractivity contribution in [3.8, 4) is 0 Å². The molecule has 1 heterocycles. The van der Waals surface area contributed by atoms with Crippen LogP contribution in [0.4, 0.5) is 0 Å². The second-order valence-electron chi connectivity index (χ2n) is 10.5. The van der Waals surface area contributed by atoms with Gasteiger partial charge in [0.1, 0.15) is 24.4 Å². The first-order valence-electron chi connectivity index (χ1n) is 14.6. The monoisotopic (exact) mass is 568 g/mol. The van der Waals surface area contributed by atoms with Gasteiger partial charge in [0.05, 0.1) is 39.1 Å². The highest BCUT2D eigenvalue weighted by Crippen LogP contribution is 2.32. The van der Waals surface area contributed by atoms with Crippen LogP contribution in [0.3, 0.4) is 0 Å². The highest BCUT2D eigenvalue weighted by molar-refractivity contribution is 5.16. The Morgan fingerprint density at radius 1 is 0.476 bits per heavy atom. The Morgan fingerprint density at radius 2 is 0.857 bits per heavy atom. The van der Waals surface area contributed by atoms with E-state index >= 15 is 0 Å². The van der Waals surface area contributed by atoms with Crippen molar-refractivity contribution in [2.24, 2.45) is 0 Å². The predicted octanol–water partition coefficient (Wildman–Crippen LogP) is 6.11. The molecule has 0 aliphatic carbocycles. The summed E-state index contributed by atoms with van der Waals surface area (Å²) in [7, 11) is 0. The van der Waals surface area contributed by atoms with Gasteiger partial charge in [-0.3, -0.25) is 0 Å². The average molecular weight is 569 g/mol. The third kappa shape index (κ3) is 8.82. The lowest BCUT2D eigenvalue weighted by Crippen LogP contribution is -2.61. The van der Waals surface area contributed by atoms with Gasteiger partial charge in [0.15, 0.2) is 0 Å². The fraction of sp³-hybridized carbons (Fsp3) is 0.333. The molecule has 0 saturated carbocycles. The Balaban J connectivity index is 1.40. The second-order valence-corrected chi connectivity index (χ2v) is 10.5. The maximum absolute atomic E-state index is 10.0. The molecule has 5 rings (SSSR count). The van der Waals surface area contributed by atoms with Gasteiger partial charge >= 0.3 is 0 Å². The standard InChI is InChI=1S/C36H40O6/c37-22-21-32-34(39-24-29-15-7-2-8-16-29)36(41-26-31-19-11-4-12-20-31)35(40-25-30-17-9-3-10-18-30)33(42-32)27-38-23-28-13-5-1-6-14-28/h1-20,32-37H,21-27H2/t32-,33-,34-,35-,36-/m1/s1. The number of hydrogen-bond donors (Lipinski definition) is 1. The molecule has 0 unspecified atom stereocenters. The molecule has 0 radical (unpaired) electrons. The Bertz CT molecular complexity index is 1270. The Morgan fingerprint density at radius 3 is 1.29 bits per heavy atom. The Labute approximate surface area is 248 Å². The molecular formula is C36H40O6. The SMILES string of the molecule is OCC[C@H]1O[C@H](COCc2ccccc2)[C@@H](OCc2ccccc2)[C@H](OCc2ccccc2)[C@@H]1OCc1ccccc1. The van der Waals surface area contributed by atoms with E-state index in [2.05, 4.69) is 0 Å². The van der Waals surface area contributed by atoms with Crippen LogP contribution >= 0.6 is 0 Å². The van der Waals surface area contributed by atoms with Crippen LogP contribution in [0.1, 0.15) is 28.7 Å². The first-order valence-corrected chi connectivity index (χ1v) is 14.6. The summed E-state index contributed by atoms with van der Waals surface area (Å²) < 4.78 is 32.7. The van der Waals surface area contributed by atoms with E-state index in [0.717, 1.165) is 22.3 Å². The molecule has 0 amide bonds. The number of benzene rings is 4. The normalized spacial score (nSPS) is 22.2. The molecule has 4 aromatic rings. The lowest BCUT2D eigenvalue weighted by atomic mass is 9.92. The van der Waals surface area contributed by atoms with Gasteiger partial charge in [0.25, 0.3) is 0 Å². The average Bonchev–Trinajstić information content (AvgIpc) is 3.05. The third-order valence-corrected chi connectivity index (χ3v) is 7.39. The summed E-state index contributed by atoms with van der Waals surface area (Å²) in [6, 6.07) is 40.3. The van der Waals surface area contributed by atoms with E-state index in [0.29, 0.717) is 39.5 Å². The van der Waals surface area contributed by atoms with Crippen molar-refractivity contribution in [2.75, 3.05) is 13.2 Å². The van der Waals surface area contributed by atoms with E-state index < -0.39 is 30.5 Å². The number of aliphatic hydroxyl groups excluding tert-OH is 1. The molecular weight excluding hydrogens is 528 g/mol. The van der Waals surface area contributed by atoms with Gasteiger partial charge < -0.3 is 28.8 Å². The molecule has 1 aliphatic heterocycles. The molecule has 5 atom stereocenters. The summed E-state index contributed by atoms with van der Waals surface area (Å²) in [6.07, 6.45) is -1.82. The molecule has 1 N–H and O–H groups in total. The first kappa shape index (κ1) is 30.1. The molecule has 4 aromatic carbocycles. The van der Waals surface area contributed by atoms with E-state index in [9.17, 15) is 5.11 Å². The number of ether oxygens (including phenoxy) is 5. The van der Waals surface area contributed by atoms with Crippen LogP contribution in [0.25, 0.3) is 0 Å². The summed E-state index contributed by atoms with van der Waals surface area (Å²) in [4.78, 5) is 0. The summed E-state index contributed by atoms with van der Waals surface area (Å²) in [6.45, 7) is 1.92. The Kier molecular flexibility index (Phi) is 11.7. The molecule has 1 fully saturated rings. The summed E-state index contributed by atoms with van der Waals surface area (Å²) in [5.74, 6) is 0. The molecule has 0 spiro atoms. The molecule has 42 heavy (non-hydrogen) atoms. The smallest absolute Gasteiger partial charge is 0.115 e. The number of hydrogen-bond acceptors (Lipinski definition) is 6. The van der Waals surface area contributed by atoms with Gasteiger partial charge in [0.2, 0.25) is 0 Å². The van der Waals surface area contributed by atoms with E-state index in [1.165, 1.54) is 0 Å². The highest BCUT2D eigenvalue weighted by Gasteiger charge is 2.48. The summed E-state index contributed by atoms with van der Waals surface area (Å²) >= 11 is 0. The maximum atomic E-state index is 10.0. The van der Waals surface area contributed by atoms with Crippen LogP contribution in [-0.4, -0.2) is 48.8 Å². The van der Waals surface area contributed by atoms with Crippen molar-refractivity contribution >= 4 is 0 Å². The van der Waals surface area contributed by atoms with Gasteiger partial charge in [-0.25, -0.2) is 0 Å². The number of rotatable bonds is 15. The van der Waals surface area contributed by atoms with Gasteiger partial charge in [-0.1, -0.05) is 121 Å². The molecule has 6 nitrogen and oxygen atoms in total. The van der Waals surface area contributed by atoms with Crippen LogP contribution in [-0.2, 0) is 50.1 Å². The zero-order chi connectivity index (χ0) is 28.8. The van der Waals surface area contributed by atoms with E-state index in [4.69, 9.17) is 23.7 Å². The quantitative estimate of drug-likeness (QED) is 0.187. The molecule has 1 saturated heterocycles. The minimum Gasteiger partial charge on any atom is -0.396 e. The summed E-state index contributed by atoms with van der Waals surface area (Å²) in [5.41, 5.74) is 4.26. The van der Waals surface area contributed by atoms with E-state index in [-0.39, 0.29) is 6.61 Å². The van der Waals surface area contributed by atoms with Crippen molar-refractivity contribution < 1.29 is 28.8 Å². The van der Waals surface area contributed by atoms with Crippen LogP contribution < -0.4 is 0 Å². The van der Waals surface area contributed by atoms with E-state index in [1.807, 2.05) is 121 Å². The van der Waals surface area contributed by atoms with Crippen molar-refractivity contribution in [3.05, 3.63) is 144 Å². The maximum Gasteiger partial charge on any atom is 0.115 e. The topological polar surface area (TPSA) is 66.4 Å². The Hall–Kier alpha value is -3.36. The molecule has 0 aromatic heterocycles. The molecule has 6 heteroatoms. The lowest BCUT2D eigenvalue weighted by Gasteiger charge is -2.46. The van der Waals surface area contributed by atoms with Crippen molar-refractivity contribution in [3.63, 3.8) is 0 Å². The van der Waals surface area contributed by atoms with Crippen LogP contribution in [0, 0.1) is 0 Å².